The maximum atomic E-state index is 5.48. The molecule has 114 valence electrons. The third kappa shape index (κ3) is 3.16. The highest BCUT2D eigenvalue weighted by atomic mass is 16.5. The van der Waals surface area contributed by atoms with E-state index < -0.39 is 0 Å². The summed E-state index contributed by atoms with van der Waals surface area (Å²) in [4.78, 5) is 0. The van der Waals surface area contributed by atoms with Gasteiger partial charge in [0.1, 0.15) is 11.5 Å². The van der Waals surface area contributed by atoms with E-state index in [1.165, 1.54) is 0 Å². The lowest BCUT2D eigenvalue weighted by molar-refractivity contribution is 0.393. The van der Waals surface area contributed by atoms with Crippen LogP contribution in [0.2, 0.25) is 0 Å². The largest absolute Gasteiger partial charge is 0.497 e. The molecule has 0 radical (unpaired) electrons. The lowest BCUT2D eigenvalue weighted by Gasteiger charge is -2.20. The Labute approximate surface area is 125 Å². The number of nitrogens with zero attached hydrogens (tertiary/aromatic N) is 3. The molecule has 0 bridgehead atoms. The smallest absolute Gasteiger partial charge is 0.124 e. The molecule has 1 N–H and O–H groups in total. The Morgan fingerprint density at radius 2 is 2.10 bits per heavy atom. The van der Waals surface area contributed by atoms with E-state index in [4.69, 9.17) is 9.47 Å². The van der Waals surface area contributed by atoms with Crippen LogP contribution in [-0.2, 0) is 6.54 Å². The zero-order valence-corrected chi connectivity index (χ0v) is 13.0. The Balaban J connectivity index is 2.47. The summed E-state index contributed by atoms with van der Waals surface area (Å²) < 4.78 is 12.7. The fourth-order valence-corrected chi connectivity index (χ4v) is 2.40. The number of nitrogens with one attached hydrogen (secondary N) is 1. The molecular formula is C15H22N4O2. The first kappa shape index (κ1) is 15.3. The molecule has 0 amide bonds. The van der Waals surface area contributed by atoms with Crippen LogP contribution in [0.4, 0.5) is 0 Å². The minimum absolute atomic E-state index is 0.0587. The van der Waals surface area contributed by atoms with Crippen LogP contribution in [0.1, 0.15) is 30.6 Å². The first-order valence-corrected chi connectivity index (χ1v) is 7.02. The Hall–Kier alpha value is -2.08. The number of ether oxygens (including phenoxy) is 2. The summed E-state index contributed by atoms with van der Waals surface area (Å²) in [6.45, 7) is 2.95. The summed E-state index contributed by atoms with van der Waals surface area (Å²) in [5.74, 6) is 1.60. The molecule has 0 spiro atoms. The van der Waals surface area contributed by atoms with Gasteiger partial charge in [0, 0.05) is 12.1 Å². The predicted octanol–water partition coefficient (Wildman–Crippen LogP) is 2.01. The SMILES string of the molecule is CCCn1nncc1C(NC)c1cc(OC)ccc1OC. The minimum Gasteiger partial charge on any atom is -0.497 e. The molecular weight excluding hydrogens is 268 g/mol. The highest BCUT2D eigenvalue weighted by molar-refractivity contribution is 5.44. The first-order valence-electron chi connectivity index (χ1n) is 7.02. The molecule has 1 heterocycles. The van der Waals surface area contributed by atoms with Crippen LogP contribution >= 0.6 is 0 Å². The van der Waals surface area contributed by atoms with Crippen molar-refractivity contribution in [2.24, 2.45) is 0 Å². The van der Waals surface area contributed by atoms with Gasteiger partial charge in [-0.2, -0.15) is 0 Å². The van der Waals surface area contributed by atoms with Gasteiger partial charge in [0.15, 0.2) is 0 Å². The van der Waals surface area contributed by atoms with E-state index in [2.05, 4.69) is 22.6 Å². The molecule has 6 nitrogen and oxygen atoms in total. The van der Waals surface area contributed by atoms with Crippen molar-refractivity contribution < 1.29 is 9.47 Å². The topological polar surface area (TPSA) is 61.2 Å². The number of benzene rings is 1. The van der Waals surface area contributed by atoms with E-state index in [0.29, 0.717) is 0 Å². The van der Waals surface area contributed by atoms with Crippen LogP contribution in [-0.4, -0.2) is 36.3 Å². The molecule has 0 aliphatic heterocycles. The van der Waals surface area contributed by atoms with Gasteiger partial charge in [0.25, 0.3) is 0 Å². The van der Waals surface area contributed by atoms with Crippen LogP contribution in [0, 0.1) is 0 Å². The molecule has 2 rings (SSSR count). The molecule has 0 aliphatic carbocycles. The molecule has 0 saturated carbocycles. The van der Waals surface area contributed by atoms with Crippen LogP contribution in [0.25, 0.3) is 0 Å². The summed E-state index contributed by atoms with van der Waals surface area (Å²) >= 11 is 0. The molecule has 0 aliphatic rings. The zero-order chi connectivity index (χ0) is 15.2. The normalized spacial score (nSPS) is 12.2. The number of hydrogen-bond donors (Lipinski definition) is 1. The molecule has 0 saturated heterocycles. The first-order chi connectivity index (χ1) is 10.2. The third-order valence-electron chi connectivity index (χ3n) is 3.42. The van der Waals surface area contributed by atoms with E-state index in [0.717, 1.165) is 35.7 Å². The number of aryl methyl sites for hydroxylation is 1. The lowest BCUT2D eigenvalue weighted by atomic mass is 10.0. The zero-order valence-electron chi connectivity index (χ0n) is 13.0. The number of methoxy groups -OCH3 is 2. The van der Waals surface area contributed by atoms with Crippen LogP contribution < -0.4 is 14.8 Å². The van der Waals surface area contributed by atoms with Gasteiger partial charge in [0.2, 0.25) is 0 Å². The van der Waals surface area contributed by atoms with Crippen molar-refractivity contribution in [1.82, 2.24) is 20.3 Å². The van der Waals surface area contributed by atoms with Crippen molar-refractivity contribution in [3.63, 3.8) is 0 Å². The third-order valence-corrected chi connectivity index (χ3v) is 3.42. The summed E-state index contributed by atoms with van der Waals surface area (Å²) in [6.07, 6.45) is 2.79. The standard InChI is InChI=1S/C15H22N4O2/c1-5-8-19-13(10-17-18-19)15(16-2)12-9-11(20-3)6-7-14(12)21-4/h6-7,9-10,15-16H,5,8H2,1-4H3. The molecule has 1 aromatic carbocycles. The molecule has 0 fully saturated rings. The number of hydrogen-bond acceptors (Lipinski definition) is 5. The van der Waals surface area contributed by atoms with E-state index >= 15 is 0 Å². The fourth-order valence-electron chi connectivity index (χ4n) is 2.40. The highest BCUT2D eigenvalue weighted by Gasteiger charge is 2.21. The van der Waals surface area contributed by atoms with Crippen molar-refractivity contribution in [2.75, 3.05) is 21.3 Å². The monoisotopic (exact) mass is 290 g/mol. The van der Waals surface area contributed by atoms with Crippen molar-refractivity contribution in [2.45, 2.75) is 25.9 Å². The maximum Gasteiger partial charge on any atom is 0.124 e. The van der Waals surface area contributed by atoms with Crippen molar-refractivity contribution >= 4 is 0 Å². The Kier molecular flexibility index (Phi) is 5.16. The Morgan fingerprint density at radius 3 is 2.71 bits per heavy atom. The lowest BCUT2D eigenvalue weighted by Crippen LogP contribution is -2.22. The van der Waals surface area contributed by atoms with Gasteiger partial charge in [0.05, 0.1) is 32.2 Å². The van der Waals surface area contributed by atoms with Gasteiger partial charge in [-0.1, -0.05) is 12.1 Å². The van der Waals surface area contributed by atoms with Gasteiger partial charge < -0.3 is 14.8 Å². The second-order valence-corrected chi connectivity index (χ2v) is 4.71. The van der Waals surface area contributed by atoms with Gasteiger partial charge in [-0.25, -0.2) is 4.68 Å². The van der Waals surface area contributed by atoms with E-state index in [1.54, 1.807) is 20.4 Å². The predicted molar refractivity (Wildman–Crippen MR) is 80.8 cm³/mol. The average Bonchev–Trinajstić information content (AvgIpc) is 2.96. The quantitative estimate of drug-likeness (QED) is 0.845. The van der Waals surface area contributed by atoms with Crippen LogP contribution in [0.3, 0.4) is 0 Å². The summed E-state index contributed by atoms with van der Waals surface area (Å²) in [5.41, 5.74) is 2.00. The second-order valence-electron chi connectivity index (χ2n) is 4.71. The summed E-state index contributed by atoms with van der Waals surface area (Å²) in [6, 6.07) is 5.71. The Bertz CT molecular complexity index is 583. The molecule has 2 aromatic rings. The molecule has 1 aromatic heterocycles. The molecule has 6 heteroatoms. The van der Waals surface area contributed by atoms with Gasteiger partial charge in [-0.05, 0) is 31.7 Å². The van der Waals surface area contributed by atoms with Crippen LogP contribution in [0.5, 0.6) is 11.5 Å². The van der Waals surface area contributed by atoms with Gasteiger partial charge in [-0.15, -0.1) is 5.10 Å². The summed E-state index contributed by atoms with van der Waals surface area (Å²) in [7, 11) is 5.23. The number of aromatic nitrogens is 3. The highest BCUT2D eigenvalue weighted by Crippen LogP contribution is 2.32. The second kappa shape index (κ2) is 7.08. The maximum absolute atomic E-state index is 5.48. The fraction of sp³-hybridized carbons (Fsp3) is 0.467. The molecule has 1 atom stereocenters. The van der Waals surface area contributed by atoms with Gasteiger partial charge in [-0.3, -0.25) is 0 Å². The molecule has 1 unspecified atom stereocenters. The Morgan fingerprint density at radius 1 is 1.29 bits per heavy atom. The van der Waals surface area contributed by atoms with Crippen molar-refractivity contribution in [3.05, 3.63) is 35.7 Å². The minimum atomic E-state index is -0.0587. The van der Waals surface area contributed by atoms with Crippen LogP contribution in [0.15, 0.2) is 24.4 Å². The average molecular weight is 290 g/mol. The van der Waals surface area contributed by atoms with E-state index in [-0.39, 0.29) is 6.04 Å². The summed E-state index contributed by atoms with van der Waals surface area (Å²) in [5, 5.41) is 11.5. The van der Waals surface area contributed by atoms with E-state index in [9.17, 15) is 0 Å². The van der Waals surface area contributed by atoms with Crippen molar-refractivity contribution in [3.8, 4) is 11.5 Å². The van der Waals surface area contributed by atoms with Crippen molar-refractivity contribution in [1.29, 1.82) is 0 Å². The molecule has 21 heavy (non-hydrogen) atoms. The van der Waals surface area contributed by atoms with Gasteiger partial charge >= 0.3 is 0 Å². The van der Waals surface area contributed by atoms with E-state index in [1.807, 2.05) is 29.9 Å². The number of rotatable bonds is 7.